The van der Waals surface area contributed by atoms with Crippen LogP contribution in [0.4, 0.5) is 0 Å². The largest absolute Gasteiger partial charge is 0.481 e. The number of carboxylic acid groups (broad SMARTS) is 1. The third-order valence-electron chi connectivity index (χ3n) is 3.67. The Morgan fingerprint density at radius 2 is 1.79 bits per heavy atom. The first kappa shape index (κ1) is 14.7. The number of Topliss-reactive ketones (excluding diaryl/α,β-unsaturated/α-hetero) is 1. The molecule has 0 spiro atoms. The average Bonchev–Trinajstić information content (AvgIpc) is 2.82. The van der Waals surface area contributed by atoms with E-state index in [-0.39, 0.29) is 17.6 Å². The molecule has 1 aliphatic rings. The summed E-state index contributed by atoms with van der Waals surface area (Å²) < 4.78 is 1.67. The molecule has 5 heteroatoms. The van der Waals surface area contributed by atoms with E-state index in [2.05, 4.69) is 31.9 Å². The molecule has 2 atom stereocenters. The highest BCUT2D eigenvalue weighted by Crippen LogP contribution is 2.36. The monoisotopic (exact) mass is 388 g/mol. The quantitative estimate of drug-likeness (QED) is 0.788. The maximum absolute atomic E-state index is 12.5. The van der Waals surface area contributed by atoms with Crippen molar-refractivity contribution in [3.8, 4) is 0 Å². The van der Waals surface area contributed by atoms with Crippen molar-refractivity contribution in [1.29, 1.82) is 0 Å². The van der Waals surface area contributed by atoms with Crippen LogP contribution in [0.3, 0.4) is 0 Å². The number of carbonyl (C=O) groups is 2. The van der Waals surface area contributed by atoms with Gasteiger partial charge in [-0.3, -0.25) is 9.59 Å². The molecule has 19 heavy (non-hydrogen) atoms. The van der Waals surface area contributed by atoms with E-state index in [4.69, 9.17) is 5.11 Å². The van der Waals surface area contributed by atoms with Crippen molar-refractivity contribution in [3.63, 3.8) is 0 Å². The summed E-state index contributed by atoms with van der Waals surface area (Å²) in [6.45, 7) is 1.96. The molecular formula is C14H14Br2O3. The highest BCUT2D eigenvalue weighted by Gasteiger charge is 2.34. The molecule has 1 aromatic rings. The second-order valence-electron chi connectivity index (χ2n) is 4.99. The lowest BCUT2D eigenvalue weighted by atomic mass is 9.94. The lowest BCUT2D eigenvalue weighted by Gasteiger charge is -2.12. The molecule has 1 aromatic carbocycles. The average molecular weight is 390 g/mol. The molecule has 1 fully saturated rings. The van der Waals surface area contributed by atoms with E-state index in [9.17, 15) is 9.59 Å². The zero-order valence-electron chi connectivity index (χ0n) is 10.5. The Morgan fingerprint density at radius 1 is 1.16 bits per heavy atom. The van der Waals surface area contributed by atoms with Gasteiger partial charge in [0.15, 0.2) is 5.78 Å². The highest BCUT2D eigenvalue weighted by molar-refractivity contribution is 9.11. The fourth-order valence-electron chi connectivity index (χ4n) is 2.50. The van der Waals surface area contributed by atoms with Crippen LogP contribution in [0.5, 0.6) is 0 Å². The number of halogens is 2. The molecule has 1 saturated carbocycles. The van der Waals surface area contributed by atoms with E-state index in [1.165, 1.54) is 0 Å². The molecule has 0 bridgehead atoms. The van der Waals surface area contributed by atoms with Gasteiger partial charge in [-0.25, -0.2) is 0 Å². The maximum atomic E-state index is 12.5. The van der Waals surface area contributed by atoms with Crippen molar-refractivity contribution in [2.24, 2.45) is 11.8 Å². The first-order chi connectivity index (χ1) is 8.90. The number of hydrogen-bond acceptors (Lipinski definition) is 2. The minimum Gasteiger partial charge on any atom is -0.481 e. The Labute approximate surface area is 128 Å². The summed E-state index contributed by atoms with van der Waals surface area (Å²) in [5.41, 5.74) is 1.69. The van der Waals surface area contributed by atoms with Gasteiger partial charge in [0.25, 0.3) is 0 Å². The highest BCUT2D eigenvalue weighted by atomic mass is 79.9. The van der Waals surface area contributed by atoms with Crippen LogP contribution in [0, 0.1) is 18.8 Å². The van der Waals surface area contributed by atoms with Crippen molar-refractivity contribution >= 4 is 43.6 Å². The summed E-state index contributed by atoms with van der Waals surface area (Å²) in [5.74, 6) is -1.30. The molecule has 3 nitrogen and oxygen atoms in total. The van der Waals surface area contributed by atoms with Gasteiger partial charge in [0, 0.05) is 20.4 Å². The fraction of sp³-hybridized carbons (Fsp3) is 0.429. The molecule has 1 aliphatic carbocycles. The van der Waals surface area contributed by atoms with E-state index in [0.717, 1.165) is 14.5 Å². The van der Waals surface area contributed by atoms with Gasteiger partial charge in [-0.2, -0.15) is 0 Å². The second kappa shape index (κ2) is 5.75. The lowest BCUT2D eigenvalue weighted by Crippen LogP contribution is -2.15. The Kier molecular flexibility index (Phi) is 4.46. The fourth-order valence-corrected chi connectivity index (χ4v) is 3.50. The topological polar surface area (TPSA) is 54.4 Å². The predicted octanol–water partition coefficient (Wildman–Crippen LogP) is 4.20. The molecule has 1 N–H and O–H groups in total. The standard InChI is InChI=1S/C14H14Br2O3/c1-7-4-12(16)10(6-11(7)15)13(17)8-2-3-9(5-8)14(18)19/h4,6,8-9H,2-3,5H2,1H3,(H,18,19). The van der Waals surface area contributed by atoms with Gasteiger partial charge in [-0.15, -0.1) is 0 Å². The van der Waals surface area contributed by atoms with Gasteiger partial charge >= 0.3 is 5.97 Å². The zero-order valence-corrected chi connectivity index (χ0v) is 13.6. The summed E-state index contributed by atoms with van der Waals surface area (Å²) in [4.78, 5) is 23.4. The molecule has 102 valence electrons. The predicted molar refractivity (Wildman–Crippen MR) is 79.4 cm³/mol. The normalized spacial score (nSPS) is 22.5. The van der Waals surface area contributed by atoms with Gasteiger partial charge in [0.05, 0.1) is 5.92 Å². The summed E-state index contributed by atoms with van der Waals surface area (Å²) >= 11 is 6.84. The van der Waals surface area contributed by atoms with Crippen molar-refractivity contribution in [3.05, 3.63) is 32.2 Å². The van der Waals surface area contributed by atoms with E-state index < -0.39 is 5.97 Å². The van der Waals surface area contributed by atoms with Crippen LogP contribution >= 0.6 is 31.9 Å². The van der Waals surface area contributed by atoms with Crippen molar-refractivity contribution in [2.75, 3.05) is 0 Å². The van der Waals surface area contributed by atoms with Gasteiger partial charge in [-0.1, -0.05) is 31.9 Å². The molecule has 0 aliphatic heterocycles. The Balaban J connectivity index is 2.22. The smallest absolute Gasteiger partial charge is 0.306 e. The Bertz CT molecular complexity index is 540. The van der Waals surface area contributed by atoms with Crippen LogP contribution in [-0.2, 0) is 4.79 Å². The third kappa shape index (κ3) is 3.08. The first-order valence-corrected chi connectivity index (χ1v) is 7.71. The van der Waals surface area contributed by atoms with Crippen LogP contribution in [-0.4, -0.2) is 16.9 Å². The van der Waals surface area contributed by atoms with Crippen molar-refractivity contribution in [1.82, 2.24) is 0 Å². The number of benzene rings is 1. The first-order valence-electron chi connectivity index (χ1n) is 6.12. The second-order valence-corrected chi connectivity index (χ2v) is 6.70. The minimum absolute atomic E-state index is 0.0383. The van der Waals surface area contributed by atoms with Crippen molar-refractivity contribution in [2.45, 2.75) is 26.2 Å². The van der Waals surface area contributed by atoms with Crippen molar-refractivity contribution < 1.29 is 14.7 Å². The molecule has 2 unspecified atom stereocenters. The SMILES string of the molecule is Cc1cc(Br)c(C(=O)C2CCC(C(=O)O)C2)cc1Br. The maximum Gasteiger partial charge on any atom is 0.306 e. The van der Waals surface area contributed by atoms with Crippen LogP contribution in [0.25, 0.3) is 0 Å². The third-order valence-corrected chi connectivity index (χ3v) is 5.18. The summed E-state index contributed by atoms with van der Waals surface area (Å²) in [6.07, 6.45) is 1.70. The molecule has 0 aromatic heterocycles. The molecular weight excluding hydrogens is 376 g/mol. The Hall–Kier alpha value is -0.680. The summed E-state index contributed by atoms with van der Waals surface area (Å²) in [5, 5.41) is 8.99. The summed E-state index contributed by atoms with van der Waals surface area (Å²) in [7, 11) is 0. The van der Waals surface area contributed by atoms with Gasteiger partial charge < -0.3 is 5.11 Å². The number of ketones is 1. The van der Waals surface area contributed by atoms with Gasteiger partial charge in [-0.05, 0) is 43.9 Å². The van der Waals surface area contributed by atoms with Crippen LogP contribution in [0.1, 0.15) is 35.2 Å². The molecule has 0 radical (unpaired) electrons. The zero-order chi connectivity index (χ0) is 14.2. The minimum atomic E-state index is -0.792. The van der Waals surface area contributed by atoms with E-state index in [1.807, 2.05) is 19.1 Å². The number of rotatable bonds is 3. The van der Waals surface area contributed by atoms with Crippen LogP contribution in [0.2, 0.25) is 0 Å². The molecule has 0 heterocycles. The summed E-state index contributed by atoms with van der Waals surface area (Å²) in [6, 6.07) is 3.72. The van der Waals surface area contributed by atoms with E-state index in [1.54, 1.807) is 0 Å². The van der Waals surface area contributed by atoms with Gasteiger partial charge in [0.1, 0.15) is 0 Å². The number of carbonyl (C=O) groups excluding carboxylic acids is 1. The van der Waals surface area contributed by atoms with Crippen LogP contribution < -0.4 is 0 Å². The number of hydrogen-bond donors (Lipinski definition) is 1. The number of aliphatic carboxylic acids is 1. The number of carboxylic acids is 1. The molecule has 0 amide bonds. The number of aryl methyl sites for hydroxylation is 1. The van der Waals surface area contributed by atoms with E-state index in [0.29, 0.717) is 24.8 Å². The van der Waals surface area contributed by atoms with E-state index >= 15 is 0 Å². The molecule has 0 saturated heterocycles. The Morgan fingerprint density at radius 3 is 2.37 bits per heavy atom. The molecule has 2 rings (SSSR count). The van der Waals surface area contributed by atoms with Crippen LogP contribution in [0.15, 0.2) is 21.1 Å². The van der Waals surface area contributed by atoms with Gasteiger partial charge in [0.2, 0.25) is 0 Å². The lowest BCUT2D eigenvalue weighted by molar-refractivity contribution is -0.141.